The van der Waals surface area contributed by atoms with Gasteiger partial charge >= 0.3 is 5.97 Å². The highest BCUT2D eigenvalue weighted by Crippen LogP contribution is 2.40. The number of nitrogens with zero attached hydrogens (tertiary/aromatic N) is 2. The molecule has 4 rings (SSSR count). The summed E-state index contributed by atoms with van der Waals surface area (Å²) >= 11 is 5.70. The number of methoxy groups -OCH3 is 2. The van der Waals surface area contributed by atoms with Crippen LogP contribution in [0.15, 0.2) is 51.4 Å². The Morgan fingerprint density at radius 2 is 1.82 bits per heavy atom. The molecule has 0 aliphatic carbocycles. The lowest BCUT2D eigenvalue weighted by atomic mass is 9.94. The Labute approximate surface area is 251 Å². The predicted octanol–water partition coefficient (Wildman–Crippen LogP) is 4.42. The standard InChI is InChI=1S/C27H26I2N2O6S/c1-6-36-23-16(9-8-10-19(23)34-4)22-21(26(33)37-7-2)14(3)30-27-31(22)25(32)20(38-27)13-15-11-17(28)24(35-5)18(29)12-15/h8-13,22H,6-7H2,1-5H3/b20-13+/t22-/m0/s1. The normalized spacial score (nSPS) is 15.1. The van der Waals surface area contributed by atoms with Crippen molar-refractivity contribution in [3.05, 3.63) is 79.6 Å². The Kier molecular flexibility index (Phi) is 9.19. The van der Waals surface area contributed by atoms with E-state index in [2.05, 4.69) is 50.2 Å². The average Bonchev–Trinajstić information content (AvgIpc) is 3.17. The van der Waals surface area contributed by atoms with E-state index in [1.54, 1.807) is 38.7 Å². The van der Waals surface area contributed by atoms with Gasteiger partial charge in [0.05, 0.1) is 50.4 Å². The van der Waals surface area contributed by atoms with Gasteiger partial charge in [-0.3, -0.25) is 9.36 Å². The van der Waals surface area contributed by atoms with Crippen LogP contribution in [0.3, 0.4) is 0 Å². The highest BCUT2D eigenvalue weighted by atomic mass is 127. The van der Waals surface area contributed by atoms with Crippen molar-refractivity contribution >= 4 is 68.6 Å². The lowest BCUT2D eigenvalue weighted by Gasteiger charge is -2.26. The Bertz CT molecular complexity index is 1590. The third-order valence-electron chi connectivity index (χ3n) is 5.85. The van der Waals surface area contributed by atoms with E-state index in [1.807, 2.05) is 37.3 Å². The minimum absolute atomic E-state index is 0.192. The molecule has 1 aromatic heterocycles. The number of thiazole rings is 1. The maximum Gasteiger partial charge on any atom is 0.338 e. The molecule has 0 fully saturated rings. The van der Waals surface area contributed by atoms with Crippen LogP contribution in [-0.2, 0) is 9.53 Å². The quantitative estimate of drug-likeness (QED) is 0.250. The fourth-order valence-corrected chi connectivity index (χ4v) is 7.61. The molecule has 2 heterocycles. The Hall–Kier alpha value is -2.39. The molecular weight excluding hydrogens is 734 g/mol. The van der Waals surface area contributed by atoms with E-state index < -0.39 is 12.0 Å². The van der Waals surface area contributed by atoms with Gasteiger partial charge < -0.3 is 18.9 Å². The Balaban J connectivity index is 2.01. The largest absolute Gasteiger partial charge is 0.495 e. The first kappa shape index (κ1) is 28.6. The summed E-state index contributed by atoms with van der Waals surface area (Å²) in [6.45, 7) is 5.93. The fraction of sp³-hybridized carbons (Fsp3) is 0.296. The number of allylic oxidation sites excluding steroid dienone is 1. The monoisotopic (exact) mass is 760 g/mol. The maximum atomic E-state index is 14.0. The third-order valence-corrected chi connectivity index (χ3v) is 8.44. The summed E-state index contributed by atoms with van der Waals surface area (Å²) in [7, 11) is 3.19. The van der Waals surface area contributed by atoms with Crippen LogP contribution < -0.4 is 29.1 Å². The first-order valence-electron chi connectivity index (χ1n) is 11.8. The number of esters is 1. The van der Waals surface area contributed by atoms with Crippen LogP contribution >= 0.6 is 56.5 Å². The number of hydrogen-bond acceptors (Lipinski definition) is 8. The second-order valence-electron chi connectivity index (χ2n) is 8.13. The van der Waals surface area contributed by atoms with Crippen molar-refractivity contribution in [2.45, 2.75) is 26.8 Å². The Morgan fingerprint density at radius 1 is 1.11 bits per heavy atom. The summed E-state index contributed by atoms with van der Waals surface area (Å²) in [5, 5.41) is 0. The van der Waals surface area contributed by atoms with Crippen molar-refractivity contribution in [3.8, 4) is 17.2 Å². The zero-order chi connectivity index (χ0) is 27.6. The number of para-hydroxylation sites is 1. The molecule has 38 heavy (non-hydrogen) atoms. The molecule has 0 amide bonds. The van der Waals surface area contributed by atoms with Gasteiger partial charge in [-0.15, -0.1) is 0 Å². The summed E-state index contributed by atoms with van der Waals surface area (Å²) in [6, 6.07) is 8.54. The van der Waals surface area contributed by atoms with Gasteiger partial charge in [-0.25, -0.2) is 9.79 Å². The second-order valence-corrected chi connectivity index (χ2v) is 11.5. The highest BCUT2D eigenvalue weighted by Gasteiger charge is 2.36. The minimum atomic E-state index is -0.805. The van der Waals surface area contributed by atoms with Crippen LogP contribution in [0.4, 0.5) is 0 Å². The molecular formula is C27H26I2N2O6S. The molecule has 1 aliphatic heterocycles. The molecule has 11 heteroatoms. The van der Waals surface area contributed by atoms with Crippen LogP contribution in [0.5, 0.6) is 17.2 Å². The lowest BCUT2D eigenvalue weighted by Crippen LogP contribution is -2.40. The summed E-state index contributed by atoms with van der Waals surface area (Å²) in [5.74, 6) is 1.23. The molecule has 1 aliphatic rings. The Morgan fingerprint density at radius 3 is 2.42 bits per heavy atom. The number of ether oxygens (including phenoxy) is 4. The summed E-state index contributed by atoms with van der Waals surface area (Å²) < 4.78 is 26.3. The number of aromatic nitrogens is 1. The molecule has 200 valence electrons. The number of rotatable bonds is 8. The van der Waals surface area contributed by atoms with Crippen LogP contribution in [-0.4, -0.2) is 38.0 Å². The van der Waals surface area contributed by atoms with Crippen molar-refractivity contribution in [2.75, 3.05) is 27.4 Å². The number of halogens is 2. The van der Waals surface area contributed by atoms with Gasteiger partial charge in [0.2, 0.25) is 0 Å². The van der Waals surface area contributed by atoms with E-state index in [0.29, 0.717) is 38.7 Å². The molecule has 0 saturated heterocycles. The fourth-order valence-electron chi connectivity index (χ4n) is 4.30. The number of carbonyl (C=O) groups is 1. The zero-order valence-electron chi connectivity index (χ0n) is 21.5. The summed E-state index contributed by atoms with van der Waals surface area (Å²) in [4.78, 5) is 32.3. The average molecular weight is 760 g/mol. The van der Waals surface area contributed by atoms with E-state index in [1.165, 1.54) is 11.3 Å². The van der Waals surface area contributed by atoms with Crippen LogP contribution in [0.1, 0.15) is 37.9 Å². The molecule has 0 saturated carbocycles. The van der Waals surface area contributed by atoms with E-state index >= 15 is 0 Å². The third kappa shape index (κ3) is 5.37. The van der Waals surface area contributed by atoms with Crippen molar-refractivity contribution in [1.29, 1.82) is 0 Å². The molecule has 2 aromatic carbocycles. The van der Waals surface area contributed by atoms with E-state index in [0.717, 1.165) is 18.5 Å². The second kappa shape index (κ2) is 12.2. The zero-order valence-corrected chi connectivity index (χ0v) is 26.6. The molecule has 1 atom stereocenters. The van der Waals surface area contributed by atoms with E-state index in [4.69, 9.17) is 18.9 Å². The molecule has 3 aromatic rings. The number of benzene rings is 2. The first-order chi connectivity index (χ1) is 18.2. The molecule has 0 bridgehead atoms. The maximum absolute atomic E-state index is 14.0. The van der Waals surface area contributed by atoms with Gasteiger partial charge in [-0.2, -0.15) is 0 Å². The van der Waals surface area contributed by atoms with Crippen LogP contribution in [0.2, 0.25) is 0 Å². The molecule has 0 N–H and O–H groups in total. The first-order valence-corrected chi connectivity index (χ1v) is 14.7. The van der Waals surface area contributed by atoms with Gasteiger partial charge in [0, 0.05) is 5.56 Å². The van der Waals surface area contributed by atoms with Gasteiger partial charge in [0.1, 0.15) is 11.8 Å². The van der Waals surface area contributed by atoms with E-state index in [-0.39, 0.29) is 17.7 Å². The van der Waals surface area contributed by atoms with Crippen molar-refractivity contribution in [2.24, 2.45) is 4.99 Å². The van der Waals surface area contributed by atoms with E-state index in [9.17, 15) is 9.59 Å². The van der Waals surface area contributed by atoms with Crippen LogP contribution in [0.25, 0.3) is 6.08 Å². The predicted molar refractivity (Wildman–Crippen MR) is 163 cm³/mol. The number of hydrogen-bond donors (Lipinski definition) is 0. The van der Waals surface area contributed by atoms with Gasteiger partial charge in [0.25, 0.3) is 5.56 Å². The van der Waals surface area contributed by atoms with Crippen LogP contribution in [0, 0.1) is 7.14 Å². The number of carbonyl (C=O) groups excluding carboxylic acids is 1. The highest BCUT2D eigenvalue weighted by molar-refractivity contribution is 14.1. The van der Waals surface area contributed by atoms with Gasteiger partial charge in [0.15, 0.2) is 16.3 Å². The molecule has 8 nitrogen and oxygen atoms in total. The minimum Gasteiger partial charge on any atom is -0.495 e. The van der Waals surface area contributed by atoms with Gasteiger partial charge in [-0.1, -0.05) is 23.5 Å². The molecule has 0 unspecified atom stereocenters. The summed E-state index contributed by atoms with van der Waals surface area (Å²) in [5.41, 5.74) is 1.98. The van der Waals surface area contributed by atoms with Gasteiger partial charge in [-0.05, 0) is 95.8 Å². The number of fused-ring (bicyclic) bond motifs is 1. The molecule has 0 radical (unpaired) electrons. The SMILES string of the molecule is CCOC(=O)C1=C(C)N=c2s/c(=C/c3cc(I)c(OC)c(I)c3)c(=O)n2[C@H]1c1cccc(OC)c1OCC. The summed E-state index contributed by atoms with van der Waals surface area (Å²) in [6.07, 6.45) is 1.84. The lowest BCUT2D eigenvalue weighted by molar-refractivity contribution is -0.139. The smallest absolute Gasteiger partial charge is 0.338 e. The van der Waals surface area contributed by atoms with Crippen molar-refractivity contribution < 1.29 is 23.7 Å². The van der Waals surface area contributed by atoms with Crippen molar-refractivity contribution in [3.63, 3.8) is 0 Å². The molecule has 0 spiro atoms. The van der Waals surface area contributed by atoms with Crippen molar-refractivity contribution in [1.82, 2.24) is 4.57 Å². The topological polar surface area (TPSA) is 88.4 Å².